The third kappa shape index (κ3) is 3.11. The number of rotatable bonds is 3. The molecule has 0 fully saturated rings. The molecule has 0 saturated heterocycles. The number of hydrogen-bond donors (Lipinski definition) is 0. The molecule has 0 N–H and O–H groups in total. The molecular weight excluding hydrogens is 156 g/mol. The second kappa shape index (κ2) is 4.17. The van der Waals surface area contributed by atoms with Gasteiger partial charge >= 0.3 is 0 Å². The Kier molecular flexibility index (Phi) is 4.31. The van der Waals surface area contributed by atoms with E-state index in [1.165, 1.54) is 0 Å². The van der Waals surface area contributed by atoms with Gasteiger partial charge in [0.05, 0.1) is 0 Å². The minimum atomic E-state index is -0.934. The molecule has 0 bridgehead atoms. The molecule has 0 aliphatic carbocycles. The zero-order valence-corrected chi connectivity index (χ0v) is 7.55. The highest BCUT2D eigenvalue weighted by Crippen LogP contribution is 2.02. The van der Waals surface area contributed by atoms with E-state index in [2.05, 4.69) is 0 Å². The average molecular weight is 168 g/mol. The van der Waals surface area contributed by atoms with Gasteiger partial charge in [0.15, 0.2) is 0 Å². The van der Waals surface area contributed by atoms with Crippen LogP contribution in [0.25, 0.3) is 0 Å². The lowest BCUT2D eigenvalue weighted by Gasteiger charge is -2.05. The van der Waals surface area contributed by atoms with Crippen molar-refractivity contribution in [2.75, 3.05) is 12.5 Å². The van der Waals surface area contributed by atoms with Crippen LogP contribution in [-0.4, -0.2) is 25.5 Å². The normalized spacial score (nSPS) is 20.8. The summed E-state index contributed by atoms with van der Waals surface area (Å²) in [4.78, 5) is 0. The fourth-order valence-corrected chi connectivity index (χ4v) is 3.13. The molecule has 0 rings (SSSR count). The summed E-state index contributed by atoms with van der Waals surface area (Å²) in [5.74, 6) is 0. The predicted octanol–water partition coefficient (Wildman–Crippen LogP) is 0.480. The molecule has 0 aromatic rings. The summed E-state index contributed by atoms with van der Waals surface area (Å²) in [5.41, 5.74) is 0. The zero-order chi connectivity index (χ0) is 7.44. The molecule has 0 radical (unpaired) electrons. The van der Waals surface area contributed by atoms with Crippen LogP contribution in [0.15, 0.2) is 0 Å². The molecule has 0 saturated carbocycles. The zero-order valence-electron chi connectivity index (χ0n) is 5.92. The molecule has 0 aliphatic rings. The van der Waals surface area contributed by atoms with Crippen molar-refractivity contribution in [2.24, 2.45) is 0 Å². The van der Waals surface area contributed by atoms with Gasteiger partial charge < -0.3 is 0 Å². The van der Waals surface area contributed by atoms with Gasteiger partial charge in [-0.15, -0.1) is 0 Å². The van der Waals surface area contributed by atoms with E-state index in [-0.39, 0.29) is 4.58 Å². The Bertz CT molecular complexity index is 119. The quantitative estimate of drug-likeness (QED) is 0.614. The van der Waals surface area contributed by atoms with Gasteiger partial charge in [-0.1, -0.05) is 6.92 Å². The molecule has 2 unspecified atom stereocenters. The Balaban J connectivity index is 3.99. The predicted molar refractivity (Wildman–Crippen MR) is 42.2 cm³/mol. The van der Waals surface area contributed by atoms with E-state index in [9.17, 15) is 8.42 Å². The molecule has 2 atom stereocenters. The number of hydrogen-bond acceptors (Lipinski definition) is 2. The summed E-state index contributed by atoms with van der Waals surface area (Å²) in [6.45, 7) is 1.90. The molecule has 0 spiro atoms. The van der Waals surface area contributed by atoms with E-state index in [1.807, 2.05) is 6.92 Å². The van der Waals surface area contributed by atoms with Gasteiger partial charge in [0.2, 0.25) is 0 Å². The van der Waals surface area contributed by atoms with Crippen molar-refractivity contribution in [3.63, 3.8) is 0 Å². The SMILES string of the molecule is CCC(S(C)=O)S(C)=O. The maximum Gasteiger partial charge on any atom is 0.109 e. The van der Waals surface area contributed by atoms with E-state index in [0.717, 1.165) is 6.42 Å². The highest BCUT2D eigenvalue weighted by Gasteiger charge is 2.13. The van der Waals surface area contributed by atoms with Crippen LogP contribution in [0.5, 0.6) is 0 Å². The summed E-state index contributed by atoms with van der Waals surface area (Å²) >= 11 is 0. The van der Waals surface area contributed by atoms with Crippen LogP contribution < -0.4 is 0 Å². The molecule has 2 nitrogen and oxygen atoms in total. The van der Waals surface area contributed by atoms with Gasteiger partial charge in [-0.3, -0.25) is 8.42 Å². The van der Waals surface area contributed by atoms with Crippen molar-refractivity contribution in [3.8, 4) is 0 Å². The first-order valence-electron chi connectivity index (χ1n) is 2.74. The summed E-state index contributed by atoms with van der Waals surface area (Å²) in [5, 5.41) is 0. The van der Waals surface area contributed by atoms with Crippen molar-refractivity contribution in [3.05, 3.63) is 0 Å². The van der Waals surface area contributed by atoms with Gasteiger partial charge in [0.1, 0.15) is 4.58 Å². The van der Waals surface area contributed by atoms with Gasteiger partial charge in [-0.25, -0.2) is 0 Å². The third-order valence-electron chi connectivity index (χ3n) is 1.07. The topological polar surface area (TPSA) is 34.1 Å². The average Bonchev–Trinajstić information content (AvgIpc) is 1.64. The Labute approximate surface area is 60.9 Å². The molecule has 0 aromatic heterocycles. The molecule has 0 aliphatic heterocycles. The maximum absolute atomic E-state index is 10.7. The second-order valence-corrected chi connectivity index (χ2v) is 5.27. The highest BCUT2D eigenvalue weighted by atomic mass is 32.2. The lowest BCUT2D eigenvalue weighted by Crippen LogP contribution is -2.17. The van der Waals surface area contributed by atoms with Crippen molar-refractivity contribution in [1.29, 1.82) is 0 Å². The second-order valence-electron chi connectivity index (χ2n) is 1.83. The Hall–Kier alpha value is 0.300. The van der Waals surface area contributed by atoms with E-state index in [0.29, 0.717) is 0 Å². The first-order valence-corrected chi connectivity index (χ1v) is 5.98. The Morgan fingerprint density at radius 1 is 1.22 bits per heavy atom. The smallest absolute Gasteiger partial charge is 0.109 e. The first-order chi connectivity index (χ1) is 4.09. The van der Waals surface area contributed by atoms with Crippen molar-refractivity contribution in [2.45, 2.75) is 17.9 Å². The van der Waals surface area contributed by atoms with Crippen molar-refractivity contribution in [1.82, 2.24) is 0 Å². The fourth-order valence-electron chi connectivity index (χ4n) is 0.660. The minimum absolute atomic E-state index is 0.134. The van der Waals surface area contributed by atoms with E-state index < -0.39 is 21.6 Å². The molecule has 0 heterocycles. The van der Waals surface area contributed by atoms with E-state index in [1.54, 1.807) is 12.5 Å². The third-order valence-corrected chi connectivity index (χ3v) is 4.85. The van der Waals surface area contributed by atoms with Gasteiger partial charge in [-0.05, 0) is 6.42 Å². The first kappa shape index (κ1) is 9.30. The van der Waals surface area contributed by atoms with Crippen LogP contribution in [0.2, 0.25) is 0 Å². The van der Waals surface area contributed by atoms with Crippen LogP contribution in [0.3, 0.4) is 0 Å². The van der Waals surface area contributed by atoms with E-state index in [4.69, 9.17) is 0 Å². The summed E-state index contributed by atoms with van der Waals surface area (Å²) in [6, 6.07) is 0. The van der Waals surface area contributed by atoms with Crippen LogP contribution in [0.1, 0.15) is 13.3 Å². The van der Waals surface area contributed by atoms with Gasteiger partial charge in [-0.2, -0.15) is 0 Å². The molecule has 0 amide bonds. The van der Waals surface area contributed by atoms with Crippen LogP contribution in [-0.2, 0) is 21.6 Å². The summed E-state index contributed by atoms with van der Waals surface area (Å²) in [6.07, 6.45) is 3.91. The van der Waals surface area contributed by atoms with Gasteiger partial charge in [0.25, 0.3) is 0 Å². The standard InChI is InChI=1S/C5H12O2S2/c1-4-5(8(2)6)9(3)7/h5H,4H2,1-3H3. The van der Waals surface area contributed by atoms with Crippen molar-refractivity contribution < 1.29 is 8.42 Å². The lowest BCUT2D eigenvalue weighted by molar-refractivity contribution is 0.671. The summed E-state index contributed by atoms with van der Waals surface area (Å²) in [7, 11) is -1.87. The lowest BCUT2D eigenvalue weighted by atomic mass is 10.6. The molecular formula is C5H12O2S2. The maximum atomic E-state index is 10.7. The van der Waals surface area contributed by atoms with Crippen LogP contribution in [0.4, 0.5) is 0 Å². The Morgan fingerprint density at radius 3 is 1.56 bits per heavy atom. The van der Waals surface area contributed by atoms with Crippen LogP contribution >= 0.6 is 0 Å². The molecule has 9 heavy (non-hydrogen) atoms. The molecule has 0 aromatic carbocycles. The largest absolute Gasteiger partial charge is 0.259 e. The van der Waals surface area contributed by atoms with E-state index >= 15 is 0 Å². The minimum Gasteiger partial charge on any atom is -0.259 e. The highest BCUT2D eigenvalue weighted by molar-refractivity contribution is 8.02. The monoisotopic (exact) mass is 168 g/mol. The van der Waals surface area contributed by atoms with Crippen molar-refractivity contribution >= 4 is 21.6 Å². The molecule has 4 heteroatoms. The summed E-state index contributed by atoms with van der Waals surface area (Å²) < 4.78 is 21.3. The van der Waals surface area contributed by atoms with Crippen LogP contribution in [0, 0.1) is 0 Å². The fraction of sp³-hybridized carbons (Fsp3) is 1.00. The Morgan fingerprint density at radius 2 is 1.56 bits per heavy atom. The van der Waals surface area contributed by atoms with Gasteiger partial charge in [0, 0.05) is 34.1 Å². The molecule has 56 valence electrons.